The first kappa shape index (κ1) is 13.8. The number of amides is 1. The third-order valence-electron chi connectivity index (χ3n) is 2.95. The predicted octanol–water partition coefficient (Wildman–Crippen LogP) is 1.82. The maximum absolute atomic E-state index is 12.4. The van der Waals surface area contributed by atoms with E-state index in [1.165, 1.54) is 18.5 Å². The number of pyridine rings is 1. The highest BCUT2D eigenvalue weighted by molar-refractivity contribution is 5.94. The number of hydrogen-bond acceptors (Lipinski definition) is 4. The van der Waals surface area contributed by atoms with E-state index in [1.54, 1.807) is 4.90 Å². The Labute approximate surface area is 113 Å². The third kappa shape index (κ3) is 3.23. The van der Waals surface area contributed by atoms with Gasteiger partial charge in [-0.3, -0.25) is 9.78 Å². The molecule has 0 bridgehead atoms. The van der Waals surface area contributed by atoms with Crippen molar-refractivity contribution in [3.05, 3.63) is 24.0 Å². The number of aromatic hydroxyl groups is 1. The molecule has 5 heteroatoms. The van der Waals surface area contributed by atoms with Gasteiger partial charge in [0.2, 0.25) is 0 Å². The number of hydrogen-bond donors (Lipinski definition) is 1. The molecule has 1 fully saturated rings. The van der Waals surface area contributed by atoms with Crippen LogP contribution < -0.4 is 0 Å². The standard InChI is InChI=1S/C14H20N2O3/c1-13(2)8-16(9-14(3,4)19-13)12(18)10-5-11(17)7-15-6-10/h5-7,17H,8-9H2,1-4H3. The van der Waals surface area contributed by atoms with Gasteiger partial charge < -0.3 is 14.7 Å². The van der Waals surface area contributed by atoms with E-state index in [1.807, 2.05) is 27.7 Å². The molecule has 0 saturated carbocycles. The molecule has 0 radical (unpaired) electrons. The fraction of sp³-hybridized carbons (Fsp3) is 0.571. The second-order valence-electron chi connectivity index (χ2n) is 6.21. The average Bonchev–Trinajstić information content (AvgIpc) is 2.23. The maximum atomic E-state index is 12.4. The van der Waals surface area contributed by atoms with Gasteiger partial charge in [0.15, 0.2) is 0 Å². The lowest BCUT2D eigenvalue weighted by Crippen LogP contribution is -2.58. The Morgan fingerprint density at radius 1 is 1.26 bits per heavy atom. The van der Waals surface area contributed by atoms with Gasteiger partial charge in [0.25, 0.3) is 5.91 Å². The first-order valence-electron chi connectivity index (χ1n) is 6.32. The number of nitrogens with zero attached hydrogens (tertiary/aromatic N) is 2. The quantitative estimate of drug-likeness (QED) is 0.840. The van der Waals surface area contributed by atoms with Crippen LogP contribution in [0.4, 0.5) is 0 Å². The Bertz CT molecular complexity index is 481. The van der Waals surface area contributed by atoms with Gasteiger partial charge in [-0.25, -0.2) is 0 Å². The van der Waals surface area contributed by atoms with E-state index >= 15 is 0 Å². The van der Waals surface area contributed by atoms with Gasteiger partial charge in [-0.05, 0) is 33.8 Å². The summed E-state index contributed by atoms with van der Waals surface area (Å²) in [6.45, 7) is 8.91. The number of ether oxygens (including phenoxy) is 1. The lowest BCUT2D eigenvalue weighted by molar-refractivity contribution is -0.171. The SMILES string of the molecule is CC1(C)CN(C(=O)c2cncc(O)c2)CC(C)(C)O1. The number of carbonyl (C=O) groups excluding carboxylic acids is 1. The Kier molecular flexibility index (Phi) is 3.26. The van der Waals surface area contributed by atoms with Crippen molar-refractivity contribution < 1.29 is 14.6 Å². The van der Waals surface area contributed by atoms with Crippen molar-refractivity contribution in [2.75, 3.05) is 13.1 Å². The largest absolute Gasteiger partial charge is 0.506 e. The molecule has 1 aromatic heterocycles. The van der Waals surface area contributed by atoms with E-state index in [9.17, 15) is 9.90 Å². The van der Waals surface area contributed by atoms with E-state index in [0.717, 1.165) is 0 Å². The second kappa shape index (κ2) is 4.49. The zero-order valence-electron chi connectivity index (χ0n) is 11.8. The first-order valence-corrected chi connectivity index (χ1v) is 6.32. The van der Waals surface area contributed by atoms with Crippen LogP contribution >= 0.6 is 0 Å². The molecule has 0 spiro atoms. The van der Waals surface area contributed by atoms with Gasteiger partial charge in [-0.1, -0.05) is 0 Å². The van der Waals surface area contributed by atoms with Crippen molar-refractivity contribution in [1.29, 1.82) is 0 Å². The first-order chi connectivity index (χ1) is 8.69. The van der Waals surface area contributed by atoms with Gasteiger partial charge in [0.1, 0.15) is 5.75 Å². The van der Waals surface area contributed by atoms with E-state index in [-0.39, 0.29) is 22.9 Å². The summed E-state index contributed by atoms with van der Waals surface area (Å²) in [6.07, 6.45) is 2.78. The molecule has 0 atom stereocenters. The molecule has 0 unspecified atom stereocenters. The van der Waals surface area contributed by atoms with Crippen molar-refractivity contribution in [3.8, 4) is 5.75 Å². The molecule has 104 valence electrons. The lowest BCUT2D eigenvalue weighted by Gasteiger charge is -2.47. The minimum Gasteiger partial charge on any atom is -0.506 e. The molecule has 1 aliphatic heterocycles. The molecule has 0 aromatic carbocycles. The average molecular weight is 264 g/mol. The van der Waals surface area contributed by atoms with Crippen LogP contribution in [0.5, 0.6) is 5.75 Å². The summed E-state index contributed by atoms with van der Waals surface area (Å²) < 4.78 is 5.94. The van der Waals surface area contributed by atoms with Gasteiger partial charge in [0.05, 0.1) is 23.0 Å². The number of aromatic nitrogens is 1. The van der Waals surface area contributed by atoms with E-state index in [2.05, 4.69) is 4.98 Å². The molecule has 1 aliphatic rings. The Balaban J connectivity index is 2.24. The van der Waals surface area contributed by atoms with Gasteiger partial charge in [-0.15, -0.1) is 0 Å². The highest BCUT2D eigenvalue weighted by Gasteiger charge is 2.40. The van der Waals surface area contributed by atoms with Crippen molar-refractivity contribution in [1.82, 2.24) is 9.88 Å². The fourth-order valence-corrected chi connectivity index (χ4v) is 2.66. The number of rotatable bonds is 1. The van der Waals surface area contributed by atoms with E-state index < -0.39 is 0 Å². The molecule has 1 N–H and O–H groups in total. The van der Waals surface area contributed by atoms with Gasteiger partial charge in [0, 0.05) is 19.3 Å². The zero-order valence-corrected chi connectivity index (χ0v) is 11.8. The minimum absolute atomic E-state index is 0.00219. The summed E-state index contributed by atoms with van der Waals surface area (Å²) in [5.74, 6) is -0.134. The molecule has 19 heavy (non-hydrogen) atoms. The predicted molar refractivity (Wildman–Crippen MR) is 71.0 cm³/mol. The second-order valence-corrected chi connectivity index (χ2v) is 6.21. The van der Waals surface area contributed by atoms with E-state index in [4.69, 9.17) is 4.74 Å². The molecular weight excluding hydrogens is 244 g/mol. The summed E-state index contributed by atoms with van der Waals surface area (Å²) in [4.78, 5) is 18.0. The topological polar surface area (TPSA) is 62.7 Å². The minimum atomic E-state index is -0.387. The molecular formula is C14H20N2O3. The van der Waals surface area contributed by atoms with Crippen molar-refractivity contribution in [2.45, 2.75) is 38.9 Å². The van der Waals surface area contributed by atoms with Crippen LogP contribution in [0.2, 0.25) is 0 Å². The molecule has 2 heterocycles. The highest BCUT2D eigenvalue weighted by atomic mass is 16.5. The molecule has 0 aliphatic carbocycles. The van der Waals surface area contributed by atoms with Crippen LogP contribution in [-0.4, -0.2) is 45.2 Å². The summed E-state index contributed by atoms with van der Waals surface area (Å²) >= 11 is 0. The van der Waals surface area contributed by atoms with Gasteiger partial charge >= 0.3 is 0 Å². The Morgan fingerprint density at radius 2 is 1.84 bits per heavy atom. The van der Waals surface area contributed by atoms with Crippen molar-refractivity contribution >= 4 is 5.91 Å². The Hall–Kier alpha value is -1.62. The molecule has 1 saturated heterocycles. The van der Waals surface area contributed by atoms with E-state index in [0.29, 0.717) is 18.7 Å². The number of morpholine rings is 1. The summed E-state index contributed by atoms with van der Waals surface area (Å²) in [6, 6.07) is 1.44. The lowest BCUT2D eigenvalue weighted by atomic mass is 9.98. The molecule has 1 aromatic rings. The van der Waals surface area contributed by atoms with Crippen molar-refractivity contribution in [2.24, 2.45) is 0 Å². The maximum Gasteiger partial charge on any atom is 0.255 e. The van der Waals surface area contributed by atoms with Crippen molar-refractivity contribution in [3.63, 3.8) is 0 Å². The normalized spacial score (nSPS) is 21.2. The Morgan fingerprint density at radius 3 is 2.37 bits per heavy atom. The van der Waals surface area contributed by atoms with Crippen LogP contribution in [0.25, 0.3) is 0 Å². The van der Waals surface area contributed by atoms with Crippen LogP contribution in [0.15, 0.2) is 18.5 Å². The molecule has 1 amide bonds. The molecule has 2 rings (SSSR count). The van der Waals surface area contributed by atoms with Crippen LogP contribution in [0, 0.1) is 0 Å². The third-order valence-corrected chi connectivity index (χ3v) is 2.95. The monoisotopic (exact) mass is 264 g/mol. The molecule has 5 nitrogen and oxygen atoms in total. The van der Waals surface area contributed by atoms with Crippen LogP contribution in [0.3, 0.4) is 0 Å². The van der Waals surface area contributed by atoms with Gasteiger partial charge in [-0.2, -0.15) is 0 Å². The highest BCUT2D eigenvalue weighted by Crippen LogP contribution is 2.29. The van der Waals surface area contributed by atoms with Crippen LogP contribution in [0.1, 0.15) is 38.1 Å². The fourth-order valence-electron chi connectivity index (χ4n) is 2.66. The smallest absolute Gasteiger partial charge is 0.255 e. The summed E-state index contributed by atoms with van der Waals surface area (Å²) in [5.41, 5.74) is -0.378. The summed E-state index contributed by atoms with van der Waals surface area (Å²) in [5, 5.41) is 9.41. The zero-order chi connectivity index (χ0) is 14.3. The number of carbonyl (C=O) groups is 1. The van der Waals surface area contributed by atoms with Crippen LogP contribution in [-0.2, 0) is 4.74 Å². The summed E-state index contributed by atoms with van der Waals surface area (Å²) in [7, 11) is 0.